The van der Waals surface area contributed by atoms with E-state index in [-0.39, 0.29) is 18.1 Å². The number of carboxylic acid groups (broad SMARTS) is 1. The van der Waals surface area contributed by atoms with Crippen LogP contribution in [-0.4, -0.2) is 69.2 Å². The minimum Gasteiger partial charge on any atom is -0.480 e. The molecule has 3 unspecified atom stereocenters. The van der Waals surface area contributed by atoms with Crippen LogP contribution in [0, 0.1) is 0 Å². The molecule has 0 aliphatic heterocycles. The average Bonchev–Trinajstić information content (AvgIpc) is 3.14. The zero-order valence-corrected chi connectivity index (χ0v) is 16.1. The molecule has 0 bridgehead atoms. The van der Waals surface area contributed by atoms with E-state index in [1.54, 1.807) is 0 Å². The summed E-state index contributed by atoms with van der Waals surface area (Å²) >= 11 is 3.90. The first-order valence-electron chi connectivity index (χ1n) is 8.47. The lowest BCUT2D eigenvalue weighted by Crippen LogP contribution is -2.55. The first-order chi connectivity index (χ1) is 13.2. The first kappa shape index (κ1) is 23.2. The second kappa shape index (κ2) is 11.8. The Labute approximate surface area is 167 Å². The predicted molar refractivity (Wildman–Crippen MR) is 106 cm³/mol. The number of carboxylic acids is 1. The summed E-state index contributed by atoms with van der Waals surface area (Å²) in [5, 5.41) is 14.0. The number of nitrogens with one attached hydrogen (secondary N) is 3. The van der Waals surface area contributed by atoms with E-state index < -0.39 is 35.9 Å². The van der Waals surface area contributed by atoms with E-state index in [2.05, 4.69) is 38.2 Å². The summed E-state index contributed by atoms with van der Waals surface area (Å²) in [6.07, 6.45) is 3.78. The maximum absolute atomic E-state index is 12.5. The number of imidazole rings is 1. The zero-order valence-electron chi connectivity index (χ0n) is 15.2. The molecule has 0 aliphatic carbocycles. The number of H-pyrrole nitrogens is 1. The van der Waals surface area contributed by atoms with Crippen LogP contribution in [0.5, 0.6) is 0 Å². The number of rotatable bonds is 12. The van der Waals surface area contributed by atoms with Gasteiger partial charge in [-0.3, -0.25) is 14.6 Å². The van der Waals surface area contributed by atoms with Crippen molar-refractivity contribution in [3.05, 3.63) is 18.2 Å². The van der Waals surface area contributed by atoms with Crippen molar-refractivity contribution in [3.63, 3.8) is 0 Å². The van der Waals surface area contributed by atoms with Crippen LogP contribution in [0.3, 0.4) is 0 Å². The van der Waals surface area contributed by atoms with Gasteiger partial charge < -0.3 is 37.9 Å². The largest absolute Gasteiger partial charge is 0.480 e. The van der Waals surface area contributed by atoms with Gasteiger partial charge in [-0.05, 0) is 12.8 Å². The van der Waals surface area contributed by atoms with Crippen molar-refractivity contribution < 1.29 is 19.5 Å². The summed E-state index contributed by atoms with van der Waals surface area (Å²) in [5.74, 6) is -2.60. The molecule has 3 atom stereocenters. The molecular formula is C15H26N8O4S. The summed E-state index contributed by atoms with van der Waals surface area (Å²) in [6.45, 7) is 0.323. The van der Waals surface area contributed by atoms with Gasteiger partial charge in [0.1, 0.15) is 12.1 Å². The van der Waals surface area contributed by atoms with Gasteiger partial charge in [-0.2, -0.15) is 12.6 Å². The quantitative estimate of drug-likeness (QED) is 0.0778. The topological polar surface area (TPSA) is 215 Å². The molecule has 10 N–H and O–H groups in total. The minimum atomic E-state index is -1.23. The second-order valence-electron chi connectivity index (χ2n) is 5.98. The predicted octanol–water partition coefficient (Wildman–Crippen LogP) is -2.68. The molecule has 1 rings (SSSR count). The number of aromatic nitrogens is 2. The van der Waals surface area contributed by atoms with Crippen molar-refractivity contribution in [1.29, 1.82) is 0 Å². The number of hydrogen-bond acceptors (Lipinski definition) is 7. The SMILES string of the molecule is NC(N)=NCCCC(N)C(=O)NC(Cc1cnc[nH]1)C(=O)NC(CS)C(=O)O. The number of aliphatic carboxylic acids is 1. The van der Waals surface area contributed by atoms with Crippen LogP contribution in [0.4, 0.5) is 0 Å². The fourth-order valence-corrected chi connectivity index (χ4v) is 2.46. The van der Waals surface area contributed by atoms with Crippen molar-refractivity contribution in [3.8, 4) is 0 Å². The lowest BCUT2D eigenvalue weighted by atomic mass is 10.1. The number of amides is 2. The van der Waals surface area contributed by atoms with Gasteiger partial charge >= 0.3 is 5.97 Å². The van der Waals surface area contributed by atoms with Gasteiger partial charge in [0.2, 0.25) is 11.8 Å². The molecule has 0 spiro atoms. The number of guanidine groups is 1. The van der Waals surface area contributed by atoms with E-state index >= 15 is 0 Å². The minimum absolute atomic E-state index is 0.0495. The van der Waals surface area contributed by atoms with Crippen molar-refractivity contribution >= 4 is 36.4 Å². The van der Waals surface area contributed by atoms with Crippen LogP contribution in [0.25, 0.3) is 0 Å². The Kier molecular flexibility index (Phi) is 9.81. The monoisotopic (exact) mass is 414 g/mol. The molecule has 1 aromatic rings. The van der Waals surface area contributed by atoms with E-state index in [0.29, 0.717) is 25.1 Å². The Morgan fingerprint density at radius 3 is 2.46 bits per heavy atom. The summed E-state index contributed by atoms with van der Waals surface area (Å²) in [4.78, 5) is 46.4. The standard InChI is InChI=1S/C15H26N8O4S/c16-9(2-1-3-20-15(17)18)12(24)22-10(4-8-5-19-7-21-8)13(25)23-11(6-28)14(26)27/h5,7,9-11,28H,1-4,6,16H2,(H,19,21)(H,22,24)(H,23,25)(H,26,27)(H4,17,18,20). The second-order valence-corrected chi connectivity index (χ2v) is 6.34. The van der Waals surface area contributed by atoms with Gasteiger partial charge in [-0.25, -0.2) is 9.78 Å². The number of hydrogen-bond donors (Lipinski definition) is 8. The number of thiol groups is 1. The molecule has 2 amide bonds. The first-order valence-corrected chi connectivity index (χ1v) is 9.10. The molecule has 156 valence electrons. The third-order valence-electron chi connectivity index (χ3n) is 3.71. The molecule has 0 saturated heterocycles. The van der Waals surface area contributed by atoms with Crippen molar-refractivity contribution in [2.75, 3.05) is 12.3 Å². The van der Waals surface area contributed by atoms with Crippen LogP contribution < -0.4 is 27.8 Å². The van der Waals surface area contributed by atoms with Crippen LogP contribution in [0.15, 0.2) is 17.5 Å². The molecule has 0 aromatic carbocycles. The number of aliphatic imine (C=N–C) groups is 1. The molecule has 28 heavy (non-hydrogen) atoms. The summed E-state index contributed by atoms with van der Waals surface area (Å²) in [6, 6.07) is -3.12. The van der Waals surface area contributed by atoms with E-state index in [4.69, 9.17) is 22.3 Å². The Balaban J connectivity index is 2.73. The molecule has 1 aromatic heterocycles. The Bertz CT molecular complexity index is 678. The number of carbonyl (C=O) groups excluding carboxylic acids is 2. The van der Waals surface area contributed by atoms with Crippen LogP contribution >= 0.6 is 12.6 Å². The fourth-order valence-electron chi connectivity index (χ4n) is 2.21. The van der Waals surface area contributed by atoms with Crippen molar-refractivity contribution in [2.24, 2.45) is 22.2 Å². The van der Waals surface area contributed by atoms with E-state index in [0.717, 1.165) is 0 Å². The number of nitrogens with two attached hydrogens (primary N) is 3. The van der Waals surface area contributed by atoms with Crippen molar-refractivity contribution in [1.82, 2.24) is 20.6 Å². The van der Waals surface area contributed by atoms with E-state index in [1.807, 2.05) is 0 Å². The summed E-state index contributed by atoms with van der Waals surface area (Å²) < 4.78 is 0. The third-order valence-corrected chi connectivity index (χ3v) is 4.08. The van der Waals surface area contributed by atoms with Crippen molar-refractivity contribution in [2.45, 2.75) is 37.4 Å². The van der Waals surface area contributed by atoms with Gasteiger partial charge in [-0.1, -0.05) is 0 Å². The normalized spacial score (nSPS) is 13.8. The highest BCUT2D eigenvalue weighted by molar-refractivity contribution is 7.80. The molecule has 13 heteroatoms. The molecule has 1 heterocycles. The highest BCUT2D eigenvalue weighted by atomic mass is 32.1. The molecule has 0 saturated carbocycles. The van der Waals surface area contributed by atoms with E-state index in [9.17, 15) is 14.4 Å². The Morgan fingerprint density at radius 1 is 1.25 bits per heavy atom. The van der Waals surface area contributed by atoms with Crippen LogP contribution in [0.1, 0.15) is 18.5 Å². The maximum Gasteiger partial charge on any atom is 0.327 e. The number of nitrogens with zero attached hydrogens (tertiary/aromatic N) is 2. The molecule has 0 aliphatic rings. The van der Waals surface area contributed by atoms with Crippen LogP contribution in [-0.2, 0) is 20.8 Å². The fraction of sp³-hybridized carbons (Fsp3) is 0.533. The average molecular weight is 414 g/mol. The summed E-state index contributed by atoms with van der Waals surface area (Å²) in [7, 11) is 0. The third kappa shape index (κ3) is 8.26. The lowest BCUT2D eigenvalue weighted by molar-refractivity contribution is -0.141. The molecule has 12 nitrogen and oxygen atoms in total. The van der Waals surface area contributed by atoms with Gasteiger partial charge in [0.25, 0.3) is 0 Å². The Morgan fingerprint density at radius 2 is 1.93 bits per heavy atom. The highest BCUT2D eigenvalue weighted by Gasteiger charge is 2.27. The lowest BCUT2D eigenvalue weighted by Gasteiger charge is -2.22. The van der Waals surface area contributed by atoms with Gasteiger partial charge in [-0.15, -0.1) is 0 Å². The summed E-state index contributed by atoms with van der Waals surface area (Å²) in [5.41, 5.74) is 16.9. The van der Waals surface area contributed by atoms with Gasteiger partial charge in [0.05, 0.1) is 12.4 Å². The molecule has 0 fully saturated rings. The van der Waals surface area contributed by atoms with Crippen LogP contribution in [0.2, 0.25) is 0 Å². The number of aromatic amines is 1. The maximum atomic E-state index is 12.5. The highest BCUT2D eigenvalue weighted by Crippen LogP contribution is 2.03. The van der Waals surface area contributed by atoms with Gasteiger partial charge in [0.15, 0.2) is 5.96 Å². The Hall–Kier alpha value is -2.80. The smallest absolute Gasteiger partial charge is 0.327 e. The molecular weight excluding hydrogens is 388 g/mol. The molecule has 0 radical (unpaired) electrons. The van der Waals surface area contributed by atoms with E-state index in [1.165, 1.54) is 12.5 Å². The zero-order chi connectivity index (χ0) is 21.1. The number of carbonyl (C=O) groups is 3. The van der Waals surface area contributed by atoms with Gasteiger partial charge in [0, 0.05) is 30.6 Å².